The number of carbonyl (C=O) groups excluding carboxylic acids is 2. The van der Waals surface area contributed by atoms with Crippen molar-refractivity contribution in [1.82, 2.24) is 0 Å². The van der Waals surface area contributed by atoms with Crippen LogP contribution >= 0.6 is 0 Å². The van der Waals surface area contributed by atoms with Gasteiger partial charge in [0.25, 0.3) is 0 Å². The molecule has 0 spiro atoms. The van der Waals surface area contributed by atoms with Crippen LogP contribution in [0.25, 0.3) is 0 Å². The molecule has 7 heteroatoms. The van der Waals surface area contributed by atoms with E-state index in [1.165, 1.54) is 0 Å². The van der Waals surface area contributed by atoms with Gasteiger partial charge in [-0.25, -0.2) is 0 Å². The van der Waals surface area contributed by atoms with Gasteiger partial charge in [0.2, 0.25) is 0 Å². The average Bonchev–Trinajstić information content (AvgIpc) is 2.60. The molecule has 2 aliphatic rings. The first-order chi connectivity index (χ1) is 6.11. The number of carbonyl (C=O) groups is 2. The van der Waals surface area contributed by atoms with Crippen molar-refractivity contribution in [3.63, 3.8) is 0 Å². The summed E-state index contributed by atoms with van der Waals surface area (Å²) < 4.78 is 5.07. The Morgan fingerprint density at radius 3 is 1.53 bits per heavy atom. The summed E-state index contributed by atoms with van der Waals surface area (Å²) in [7, 11) is 0. The van der Waals surface area contributed by atoms with E-state index in [1.807, 2.05) is 0 Å². The summed E-state index contributed by atoms with van der Waals surface area (Å²) in [4.78, 5) is 21.2. The maximum Gasteiger partial charge on any atom is 1.00 e. The minimum atomic E-state index is -1.40. The van der Waals surface area contributed by atoms with Crippen molar-refractivity contribution < 1.29 is 83.7 Å². The van der Waals surface area contributed by atoms with Gasteiger partial charge in [-0.3, -0.25) is 0 Å². The van der Waals surface area contributed by atoms with Gasteiger partial charge in [-0.2, -0.15) is 0 Å². The molecule has 2 heterocycles. The molecule has 5 nitrogen and oxygen atoms in total. The van der Waals surface area contributed by atoms with Gasteiger partial charge < -0.3 is 24.5 Å². The van der Waals surface area contributed by atoms with Gasteiger partial charge >= 0.3 is 59.1 Å². The fraction of sp³-hybridized carbons (Fsp3) is 0.500. The van der Waals surface area contributed by atoms with E-state index in [1.54, 1.807) is 12.2 Å². The van der Waals surface area contributed by atoms with Crippen LogP contribution < -0.4 is 69.3 Å². The van der Waals surface area contributed by atoms with Gasteiger partial charge in [0, 0.05) is 23.8 Å². The van der Waals surface area contributed by atoms with Crippen molar-refractivity contribution in [1.29, 1.82) is 0 Å². The molecule has 1 fully saturated rings. The fourth-order valence-corrected chi connectivity index (χ4v) is 1.87. The Labute approximate surface area is 130 Å². The van der Waals surface area contributed by atoms with Crippen LogP contribution in [0.1, 0.15) is 0 Å². The number of rotatable bonds is 2. The van der Waals surface area contributed by atoms with Gasteiger partial charge in [-0.1, -0.05) is 12.2 Å². The van der Waals surface area contributed by atoms with Crippen LogP contribution in [0.5, 0.6) is 0 Å². The second kappa shape index (κ2) is 5.82. The molecule has 1 saturated heterocycles. The van der Waals surface area contributed by atoms with E-state index in [9.17, 15) is 19.8 Å². The van der Waals surface area contributed by atoms with Gasteiger partial charge in [0.1, 0.15) is 0 Å². The Morgan fingerprint density at radius 1 is 0.933 bits per heavy atom. The van der Waals surface area contributed by atoms with E-state index >= 15 is 0 Å². The molecular formula is C8H6Na2O5. The Bertz CT molecular complexity index is 275. The monoisotopic (exact) mass is 228 g/mol. The summed E-state index contributed by atoms with van der Waals surface area (Å²) >= 11 is 0. The number of fused-ring (bicyclic) bond motifs is 2. The molecule has 0 amide bonds. The average molecular weight is 228 g/mol. The van der Waals surface area contributed by atoms with Crippen molar-refractivity contribution in [2.75, 3.05) is 0 Å². The van der Waals surface area contributed by atoms with Crippen LogP contribution in [0.4, 0.5) is 0 Å². The molecule has 0 aromatic rings. The molecule has 0 radical (unpaired) electrons. The Kier molecular flexibility index (Phi) is 6.06. The minimum Gasteiger partial charge on any atom is -0.550 e. The maximum absolute atomic E-state index is 10.6. The molecular weight excluding hydrogens is 222 g/mol. The number of carboxylic acids is 2. The Hall–Kier alpha value is 0.640. The van der Waals surface area contributed by atoms with Crippen LogP contribution in [-0.4, -0.2) is 24.1 Å². The third-order valence-corrected chi connectivity index (χ3v) is 2.44. The van der Waals surface area contributed by atoms with E-state index in [4.69, 9.17) is 4.74 Å². The number of aliphatic carboxylic acids is 2. The zero-order valence-corrected chi connectivity index (χ0v) is 12.5. The van der Waals surface area contributed by atoms with Crippen molar-refractivity contribution in [2.24, 2.45) is 11.8 Å². The summed E-state index contributed by atoms with van der Waals surface area (Å²) in [5.74, 6) is -5.02. The summed E-state index contributed by atoms with van der Waals surface area (Å²) in [6, 6.07) is 0. The van der Waals surface area contributed by atoms with Gasteiger partial charge in [-0.15, -0.1) is 0 Å². The second-order valence-corrected chi connectivity index (χ2v) is 3.14. The third kappa shape index (κ3) is 2.66. The second-order valence-electron chi connectivity index (χ2n) is 3.14. The van der Waals surface area contributed by atoms with Gasteiger partial charge in [0.05, 0.1) is 12.2 Å². The predicted octanol–water partition coefficient (Wildman–Crippen LogP) is -8.94. The zero-order valence-electron chi connectivity index (χ0n) is 8.51. The first kappa shape index (κ1) is 15.6. The summed E-state index contributed by atoms with van der Waals surface area (Å²) in [5, 5.41) is 21.2. The molecule has 4 unspecified atom stereocenters. The molecule has 70 valence electrons. The van der Waals surface area contributed by atoms with E-state index in [0.717, 1.165) is 0 Å². The summed E-state index contributed by atoms with van der Waals surface area (Å²) in [6.07, 6.45) is 1.76. The third-order valence-electron chi connectivity index (χ3n) is 2.44. The van der Waals surface area contributed by atoms with Crippen LogP contribution in [0, 0.1) is 11.8 Å². The van der Waals surface area contributed by atoms with Crippen molar-refractivity contribution in [3.05, 3.63) is 12.2 Å². The van der Waals surface area contributed by atoms with Crippen LogP contribution in [0.2, 0.25) is 0 Å². The number of hydrogen-bond donors (Lipinski definition) is 0. The van der Waals surface area contributed by atoms with E-state index < -0.39 is 36.0 Å². The Balaban J connectivity index is 0.000000980. The van der Waals surface area contributed by atoms with E-state index in [-0.39, 0.29) is 59.1 Å². The maximum atomic E-state index is 10.6. The van der Waals surface area contributed by atoms with Crippen LogP contribution in [0.3, 0.4) is 0 Å². The molecule has 0 aliphatic carbocycles. The quantitative estimate of drug-likeness (QED) is 0.346. The summed E-state index contributed by atoms with van der Waals surface area (Å²) in [5.41, 5.74) is 0. The minimum absolute atomic E-state index is 0. The van der Waals surface area contributed by atoms with Gasteiger partial charge in [-0.05, 0) is 0 Å². The molecule has 15 heavy (non-hydrogen) atoms. The standard InChI is InChI=1S/C8H8O5.2Na/c9-7(10)5-3-1-2-4(13-3)6(5)8(11)12;;/h1-6H,(H,9,10)(H,11,12);;/q;2*+1/p-2. The number of ether oxygens (including phenoxy) is 1. The number of carboxylic acid groups (broad SMARTS) is 2. The molecule has 2 aliphatic heterocycles. The normalized spacial score (nSPS) is 35.5. The fourth-order valence-electron chi connectivity index (χ4n) is 1.87. The Morgan fingerprint density at radius 2 is 1.27 bits per heavy atom. The van der Waals surface area contributed by atoms with Gasteiger partial charge in [0.15, 0.2) is 0 Å². The molecule has 2 rings (SSSR count). The van der Waals surface area contributed by atoms with Crippen molar-refractivity contribution in [2.45, 2.75) is 12.2 Å². The van der Waals surface area contributed by atoms with Crippen LogP contribution in [-0.2, 0) is 14.3 Å². The van der Waals surface area contributed by atoms with Crippen molar-refractivity contribution in [3.8, 4) is 0 Å². The molecule has 0 N–H and O–H groups in total. The van der Waals surface area contributed by atoms with Crippen LogP contribution in [0.15, 0.2) is 12.2 Å². The molecule has 2 bridgehead atoms. The molecule has 0 saturated carbocycles. The van der Waals surface area contributed by atoms with E-state index in [0.29, 0.717) is 0 Å². The number of hydrogen-bond acceptors (Lipinski definition) is 5. The summed E-state index contributed by atoms with van der Waals surface area (Å²) in [6.45, 7) is 0. The molecule has 0 aromatic carbocycles. The smallest absolute Gasteiger partial charge is 0.550 e. The molecule has 0 aromatic heterocycles. The SMILES string of the molecule is O=C([O-])C1C2C=CC(O2)C1C(=O)[O-].[Na+].[Na+]. The largest absolute Gasteiger partial charge is 1.00 e. The topological polar surface area (TPSA) is 89.5 Å². The zero-order chi connectivity index (χ0) is 9.59. The van der Waals surface area contributed by atoms with Crippen molar-refractivity contribution >= 4 is 11.9 Å². The molecule has 4 atom stereocenters. The van der Waals surface area contributed by atoms with E-state index in [2.05, 4.69) is 0 Å². The first-order valence-corrected chi connectivity index (χ1v) is 3.87. The first-order valence-electron chi connectivity index (χ1n) is 3.87. The predicted molar refractivity (Wildman–Crippen MR) is 34.8 cm³/mol.